The molecule has 0 aromatic heterocycles. The van der Waals surface area contributed by atoms with Crippen LogP contribution in [0.15, 0.2) is 97.2 Å². The minimum atomic E-state index is -0.798. The van der Waals surface area contributed by atoms with Gasteiger partial charge in [0.2, 0.25) is 0 Å². The van der Waals surface area contributed by atoms with Crippen LogP contribution in [0.5, 0.6) is 0 Å². The molecule has 0 heterocycles. The highest BCUT2D eigenvalue weighted by atomic mass is 16.6. The summed E-state index contributed by atoms with van der Waals surface area (Å²) in [7, 11) is 0. The second kappa shape index (κ2) is 68.8. The number of unbranched alkanes of at least 4 members (excludes halogenated alkanes) is 36. The van der Waals surface area contributed by atoms with Crippen LogP contribution in [0, 0.1) is 0 Å². The highest BCUT2D eigenvalue weighted by molar-refractivity contribution is 5.71. The van der Waals surface area contributed by atoms with Crippen molar-refractivity contribution in [2.45, 2.75) is 348 Å². The van der Waals surface area contributed by atoms with Crippen LogP contribution in [-0.2, 0) is 28.6 Å². The molecule has 0 aliphatic carbocycles. The summed E-state index contributed by atoms with van der Waals surface area (Å²) in [6.07, 6.45) is 93.0. The summed E-state index contributed by atoms with van der Waals surface area (Å²) in [5.74, 6) is -0.922. The Labute approximate surface area is 502 Å². The predicted molar refractivity (Wildman–Crippen MR) is 353 cm³/mol. The second-order valence-corrected chi connectivity index (χ2v) is 23.0. The summed E-state index contributed by atoms with van der Waals surface area (Å²) < 4.78 is 16.9. The molecule has 0 rings (SSSR count). The van der Waals surface area contributed by atoms with Crippen molar-refractivity contribution >= 4 is 17.9 Å². The molecule has 81 heavy (non-hydrogen) atoms. The maximum atomic E-state index is 13.0. The van der Waals surface area contributed by atoms with Crippen LogP contribution in [0.3, 0.4) is 0 Å². The van der Waals surface area contributed by atoms with Crippen LogP contribution in [0.1, 0.15) is 342 Å². The average Bonchev–Trinajstić information content (AvgIpc) is 3.47. The summed E-state index contributed by atoms with van der Waals surface area (Å²) in [6, 6.07) is 0. The third-order valence-corrected chi connectivity index (χ3v) is 15.1. The molecule has 0 fully saturated rings. The number of allylic oxidation sites excluding steroid dienone is 16. The SMILES string of the molecule is CC/C=C\C/C=C\C/C=C\C/C=C\CCCCCCCCCCCCC(=O)OC(COC(=O)CCCC/C=C\C/C=C\C/C=C\C/C=C\CC)COC(=O)CCCCCCCCCCCCCCCCCCCCCCCCCCC. The van der Waals surface area contributed by atoms with Crippen molar-refractivity contribution in [3.05, 3.63) is 97.2 Å². The molecule has 466 valence electrons. The zero-order valence-corrected chi connectivity index (χ0v) is 53.5. The Morgan fingerprint density at radius 1 is 0.259 bits per heavy atom. The van der Waals surface area contributed by atoms with E-state index in [0.717, 1.165) is 109 Å². The maximum Gasteiger partial charge on any atom is 0.306 e. The highest BCUT2D eigenvalue weighted by Gasteiger charge is 2.19. The van der Waals surface area contributed by atoms with Crippen molar-refractivity contribution in [2.75, 3.05) is 13.2 Å². The zero-order valence-electron chi connectivity index (χ0n) is 53.5. The molecule has 0 aliphatic heterocycles. The van der Waals surface area contributed by atoms with E-state index >= 15 is 0 Å². The number of rotatable bonds is 63. The van der Waals surface area contributed by atoms with E-state index < -0.39 is 6.10 Å². The van der Waals surface area contributed by atoms with Gasteiger partial charge in [0.15, 0.2) is 6.10 Å². The number of carbonyl (C=O) groups excluding carboxylic acids is 3. The van der Waals surface area contributed by atoms with Crippen molar-refractivity contribution in [3.63, 3.8) is 0 Å². The summed E-state index contributed by atoms with van der Waals surface area (Å²) in [4.78, 5) is 38.4. The Morgan fingerprint density at radius 3 is 0.778 bits per heavy atom. The number of hydrogen-bond donors (Lipinski definition) is 0. The molecule has 6 nitrogen and oxygen atoms in total. The minimum absolute atomic E-state index is 0.0897. The lowest BCUT2D eigenvalue weighted by molar-refractivity contribution is -0.167. The molecule has 0 aromatic carbocycles. The molecule has 0 saturated heterocycles. The van der Waals surface area contributed by atoms with Crippen molar-refractivity contribution in [2.24, 2.45) is 0 Å². The lowest BCUT2D eigenvalue weighted by Gasteiger charge is -2.18. The molecule has 6 heteroatoms. The van der Waals surface area contributed by atoms with Crippen molar-refractivity contribution < 1.29 is 28.6 Å². The molecule has 0 N–H and O–H groups in total. The Balaban J connectivity index is 4.33. The maximum absolute atomic E-state index is 13.0. The van der Waals surface area contributed by atoms with Gasteiger partial charge < -0.3 is 14.2 Å². The zero-order chi connectivity index (χ0) is 58.5. The van der Waals surface area contributed by atoms with Crippen LogP contribution in [0.4, 0.5) is 0 Å². The first-order chi connectivity index (χ1) is 40.0. The summed E-state index contributed by atoms with van der Waals surface area (Å²) in [5, 5.41) is 0. The van der Waals surface area contributed by atoms with Crippen molar-refractivity contribution in [3.8, 4) is 0 Å². The summed E-state index contributed by atoms with van der Waals surface area (Å²) >= 11 is 0. The second-order valence-electron chi connectivity index (χ2n) is 23.0. The molecule has 0 spiro atoms. The van der Waals surface area contributed by atoms with Crippen LogP contribution >= 0.6 is 0 Å². The fourth-order valence-electron chi connectivity index (χ4n) is 9.96. The Bertz CT molecular complexity index is 1580. The van der Waals surface area contributed by atoms with Gasteiger partial charge in [-0.15, -0.1) is 0 Å². The average molecular weight is 1130 g/mol. The lowest BCUT2D eigenvalue weighted by Crippen LogP contribution is -2.30. The molecule has 0 aromatic rings. The summed E-state index contributed by atoms with van der Waals surface area (Å²) in [5.41, 5.74) is 0. The molecule has 0 saturated carbocycles. The first-order valence-electron chi connectivity index (χ1n) is 34.7. The Hall–Kier alpha value is -3.67. The van der Waals surface area contributed by atoms with Gasteiger partial charge in [-0.25, -0.2) is 0 Å². The van der Waals surface area contributed by atoms with E-state index in [9.17, 15) is 14.4 Å². The molecular formula is C75H130O6. The third kappa shape index (κ3) is 67.0. The lowest BCUT2D eigenvalue weighted by atomic mass is 10.0. The fourth-order valence-corrected chi connectivity index (χ4v) is 9.96. The number of esters is 3. The highest BCUT2D eigenvalue weighted by Crippen LogP contribution is 2.18. The van der Waals surface area contributed by atoms with E-state index in [4.69, 9.17) is 14.2 Å². The van der Waals surface area contributed by atoms with Gasteiger partial charge in [0.1, 0.15) is 13.2 Å². The molecule has 0 radical (unpaired) electrons. The first kappa shape index (κ1) is 77.3. The smallest absolute Gasteiger partial charge is 0.306 e. The van der Waals surface area contributed by atoms with Crippen molar-refractivity contribution in [1.82, 2.24) is 0 Å². The molecule has 0 amide bonds. The van der Waals surface area contributed by atoms with Gasteiger partial charge in [-0.3, -0.25) is 14.4 Å². The quantitative estimate of drug-likeness (QED) is 0.0261. The molecule has 0 bridgehead atoms. The Morgan fingerprint density at radius 2 is 0.481 bits per heavy atom. The molecular weight excluding hydrogens is 997 g/mol. The van der Waals surface area contributed by atoms with Gasteiger partial charge in [-0.05, 0) is 96.3 Å². The Kier molecular flexibility index (Phi) is 65.7. The first-order valence-corrected chi connectivity index (χ1v) is 34.7. The molecule has 1 atom stereocenters. The topological polar surface area (TPSA) is 78.9 Å². The van der Waals surface area contributed by atoms with Gasteiger partial charge in [0.25, 0.3) is 0 Å². The largest absolute Gasteiger partial charge is 0.462 e. The number of ether oxygens (including phenoxy) is 3. The van der Waals surface area contributed by atoms with Gasteiger partial charge in [0.05, 0.1) is 0 Å². The van der Waals surface area contributed by atoms with Gasteiger partial charge in [-0.1, -0.05) is 323 Å². The van der Waals surface area contributed by atoms with Crippen LogP contribution in [0.25, 0.3) is 0 Å². The normalized spacial score (nSPS) is 12.7. The standard InChI is InChI=1S/C75H130O6/c1-4-7-10-13-16-19-22-25-28-30-32-34-36-37-39-40-42-44-47-50-53-56-59-62-65-68-74(77)80-71-72(70-79-73(76)67-64-61-58-55-52-49-46-27-24-21-18-15-12-9-6-3)81-75(78)69-66-63-60-57-54-51-48-45-43-41-38-35-33-31-29-26-23-20-17-14-11-8-5-2/h8-9,11-12,17-18,20-21,26-27,29,33,35,46,52,55,72H,4-7,10,13-16,19,22-25,28,30-32,34,36-45,47-51,53-54,56-71H2,1-3H3/b11-8-,12-9-,20-17-,21-18-,29-26-,35-33-,46-27-,55-52-. The van der Waals surface area contributed by atoms with Crippen LogP contribution in [-0.4, -0.2) is 37.2 Å². The van der Waals surface area contributed by atoms with E-state index in [1.165, 1.54) is 193 Å². The number of hydrogen-bond acceptors (Lipinski definition) is 6. The van der Waals surface area contributed by atoms with Crippen LogP contribution < -0.4 is 0 Å². The van der Waals surface area contributed by atoms with E-state index in [-0.39, 0.29) is 31.1 Å². The fraction of sp³-hybridized carbons (Fsp3) is 0.747. The van der Waals surface area contributed by atoms with Gasteiger partial charge >= 0.3 is 17.9 Å². The summed E-state index contributed by atoms with van der Waals surface area (Å²) in [6.45, 7) is 6.42. The number of carbonyl (C=O) groups is 3. The molecule has 1 unspecified atom stereocenters. The predicted octanol–water partition coefficient (Wildman–Crippen LogP) is 24.0. The van der Waals surface area contributed by atoms with Gasteiger partial charge in [-0.2, -0.15) is 0 Å². The van der Waals surface area contributed by atoms with E-state index in [2.05, 4.69) is 118 Å². The van der Waals surface area contributed by atoms with Crippen LogP contribution in [0.2, 0.25) is 0 Å². The van der Waals surface area contributed by atoms with E-state index in [0.29, 0.717) is 19.3 Å². The third-order valence-electron chi connectivity index (χ3n) is 15.1. The monoisotopic (exact) mass is 1130 g/mol. The van der Waals surface area contributed by atoms with Gasteiger partial charge in [0, 0.05) is 19.3 Å². The van der Waals surface area contributed by atoms with E-state index in [1.54, 1.807) is 0 Å². The minimum Gasteiger partial charge on any atom is -0.462 e. The van der Waals surface area contributed by atoms with Crippen molar-refractivity contribution in [1.29, 1.82) is 0 Å². The van der Waals surface area contributed by atoms with E-state index in [1.807, 2.05) is 0 Å². The molecule has 0 aliphatic rings.